The summed E-state index contributed by atoms with van der Waals surface area (Å²) in [6, 6.07) is 10.5. The van der Waals surface area contributed by atoms with Crippen LogP contribution < -0.4 is 0 Å². The van der Waals surface area contributed by atoms with Crippen molar-refractivity contribution >= 4 is 5.97 Å². The number of hydrogen-bond acceptors (Lipinski definition) is 2. The lowest BCUT2D eigenvalue weighted by Crippen LogP contribution is -2.33. The van der Waals surface area contributed by atoms with Gasteiger partial charge in [0.05, 0.1) is 6.42 Å². The Morgan fingerprint density at radius 3 is 2.71 bits per heavy atom. The summed E-state index contributed by atoms with van der Waals surface area (Å²) in [6.45, 7) is 3.19. The molecule has 2 unspecified atom stereocenters. The van der Waals surface area contributed by atoms with Gasteiger partial charge < -0.3 is 5.11 Å². The average molecular weight is 233 g/mol. The number of aliphatic carboxylic acids is 1. The Hall–Kier alpha value is -1.35. The quantitative estimate of drug-likeness (QED) is 0.869. The predicted molar refractivity (Wildman–Crippen MR) is 66.8 cm³/mol. The van der Waals surface area contributed by atoms with Crippen molar-refractivity contribution in [2.45, 2.75) is 38.3 Å². The number of carboxylic acid groups (broad SMARTS) is 1. The van der Waals surface area contributed by atoms with E-state index in [-0.39, 0.29) is 12.5 Å². The fourth-order valence-corrected chi connectivity index (χ4v) is 2.69. The van der Waals surface area contributed by atoms with Crippen molar-refractivity contribution in [2.75, 3.05) is 6.54 Å². The summed E-state index contributed by atoms with van der Waals surface area (Å²) in [5, 5.41) is 9.07. The second-order valence-electron chi connectivity index (χ2n) is 4.75. The first-order valence-corrected chi connectivity index (χ1v) is 6.21. The Labute approximate surface area is 102 Å². The zero-order valence-corrected chi connectivity index (χ0v) is 10.2. The molecule has 3 nitrogen and oxygen atoms in total. The number of hydrogen-bond donors (Lipinski definition) is 1. The van der Waals surface area contributed by atoms with Crippen LogP contribution in [0.1, 0.15) is 37.8 Å². The Morgan fingerprint density at radius 2 is 2.18 bits per heavy atom. The van der Waals surface area contributed by atoms with E-state index in [0.29, 0.717) is 6.04 Å². The normalized spacial score (nSPS) is 22.5. The molecule has 0 aliphatic carbocycles. The first-order valence-electron chi connectivity index (χ1n) is 6.21. The second kappa shape index (κ2) is 5.32. The van der Waals surface area contributed by atoms with E-state index in [2.05, 4.69) is 11.8 Å². The number of benzene rings is 1. The average Bonchev–Trinajstić information content (AvgIpc) is 2.73. The van der Waals surface area contributed by atoms with E-state index in [0.717, 1.165) is 12.1 Å². The summed E-state index contributed by atoms with van der Waals surface area (Å²) in [6.07, 6.45) is 2.53. The Morgan fingerprint density at radius 1 is 1.47 bits per heavy atom. The van der Waals surface area contributed by atoms with Gasteiger partial charge in [0, 0.05) is 12.1 Å². The Kier molecular flexibility index (Phi) is 3.79. The fraction of sp³-hybridized carbons (Fsp3) is 0.500. The molecule has 0 amide bonds. The van der Waals surface area contributed by atoms with Crippen LogP contribution >= 0.6 is 0 Å². The van der Waals surface area contributed by atoms with Crippen LogP contribution in [0.2, 0.25) is 0 Å². The van der Waals surface area contributed by atoms with Crippen LogP contribution in [0.5, 0.6) is 0 Å². The molecule has 2 atom stereocenters. The number of nitrogens with zero attached hydrogens (tertiary/aromatic N) is 1. The lowest BCUT2D eigenvalue weighted by molar-refractivity contribution is -0.138. The standard InChI is InChI=1S/C14H19NO2/c1-11-6-5-9-15(11)13(10-14(16)17)12-7-3-2-4-8-12/h2-4,7-8,11,13H,5-6,9-10H2,1H3,(H,16,17). The van der Waals surface area contributed by atoms with Crippen LogP contribution in [0.4, 0.5) is 0 Å². The third-order valence-corrected chi connectivity index (χ3v) is 3.56. The molecule has 0 radical (unpaired) electrons. The van der Waals surface area contributed by atoms with Gasteiger partial charge in [0.2, 0.25) is 0 Å². The Balaban J connectivity index is 2.22. The van der Waals surface area contributed by atoms with Crippen molar-refractivity contribution in [3.63, 3.8) is 0 Å². The zero-order valence-electron chi connectivity index (χ0n) is 10.2. The van der Waals surface area contributed by atoms with E-state index >= 15 is 0 Å². The lowest BCUT2D eigenvalue weighted by Gasteiger charge is -2.30. The molecule has 0 aromatic heterocycles. The maximum Gasteiger partial charge on any atom is 0.305 e. The van der Waals surface area contributed by atoms with Crippen molar-refractivity contribution in [1.29, 1.82) is 0 Å². The highest BCUT2D eigenvalue weighted by Crippen LogP contribution is 2.31. The highest BCUT2D eigenvalue weighted by molar-refractivity contribution is 5.68. The van der Waals surface area contributed by atoms with E-state index in [4.69, 9.17) is 5.11 Å². The van der Waals surface area contributed by atoms with Gasteiger partial charge in [0.25, 0.3) is 0 Å². The molecule has 17 heavy (non-hydrogen) atoms. The minimum atomic E-state index is -0.724. The third kappa shape index (κ3) is 2.86. The van der Waals surface area contributed by atoms with E-state index < -0.39 is 5.97 Å². The van der Waals surface area contributed by atoms with Gasteiger partial charge in [-0.05, 0) is 31.9 Å². The summed E-state index contributed by atoms with van der Waals surface area (Å²) in [5.41, 5.74) is 1.11. The maximum atomic E-state index is 11.0. The lowest BCUT2D eigenvalue weighted by atomic mass is 10.0. The van der Waals surface area contributed by atoms with Gasteiger partial charge in [0.1, 0.15) is 0 Å². The minimum Gasteiger partial charge on any atom is -0.481 e. The first kappa shape index (κ1) is 12.1. The van der Waals surface area contributed by atoms with Crippen molar-refractivity contribution in [3.8, 4) is 0 Å². The fourth-order valence-electron chi connectivity index (χ4n) is 2.69. The van der Waals surface area contributed by atoms with Crippen LogP contribution in [0, 0.1) is 0 Å². The molecule has 1 aliphatic heterocycles. The summed E-state index contributed by atoms with van der Waals surface area (Å²) in [4.78, 5) is 13.3. The molecular weight excluding hydrogens is 214 g/mol. The largest absolute Gasteiger partial charge is 0.481 e. The SMILES string of the molecule is CC1CCCN1C(CC(=O)O)c1ccccc1. The van der Waals surface area contributed by atoms with Crippen molar-refractivity contribution in [2.24, 2.45) is 0 Å². The molecule has 1 N–H and O–H groups in total. The van der Waals surface area contributed by atoms with Crippen LogP contribution in [0.25, 0.3) is 0 Å². The molecule has 1 aromatic carbocycles. The predicted octanol–water partition coefficient (Wildman–Crippen LogP) is 2.69. The summed E-state index contributed by atoms with van der Waals surface area (Å²) >= 11 is 0. The van der Waals surface area contributed by atoms with E-state index in [1.54, 1.807) is 0 Å². The van der Waals surface area contributed by atoms with Gasteiger partial charge in [-0.15, -0.1) is 0 Å². The van der Waals surface area contributed by atoms with Gasteiger partial charge >= 0.3 is 5.97 Å². The third-order valence-electron chi connectivity index (χ3n) is 3.56. The topological polar surface area (TPSA) is 40.5 Å². The molecule has 0 saturated carbocycles. The minimum absolute atomic E-state index is 0.0196. The monoisotopic (exact) mass is 233 g/mol. The molecule has 1 fully saturated rings. The Bertz CT molecular complexity index is 377. The van der Waals surface area contributed by atoms with Crippen LogP contribution in [-0.2, 0) is 4.79 Å². The molecule has 1 heterocycles. The first-order chi connectivity index (χ1) is 8.18. The summed E-state index contributed by atoms with van der Waals surface area (Å²) < 4.78 is 0. The molecular formula is C14H19NO2. The van der Waals surface area contributed by atoms with Gasteiger partial charge in [-0.2, -0.15) is 0 Å². The van der Waals surface area contributed by atoms with E-state index in [9.17, 15) is 4.79 Å². The van der Waals surface area contributed by atoms with Crippen LogP contribution in [-0.4, -0.2) is 28.6 Å². The molecule has 92 valence electrons. The van der Waals surface area contributed by atoms with Crippen LogP contribution in [0.15, 0.2) is 30.3 Å². The molecule has 2 rings (SSSR count). The smallest absolute Gasteiger partial charge is 0.305 e. The molecule has 3 heteroatoms. The zero-order chi connectivity index (χ0) is 12.3. The van der Waals surface area contributed by atoms with Gasteiger partial charge in [-0.25, -0.2) is 0 Å². The molecule has 1 aliphatic rings. The molecule has 0 spiro atoms. The maximum absolute atomic E-state index is 11.0. The van der Waals surface area contributed by atoms with Crippen molar-refractivity contribution < 1.29 is 9.90 Å². The number of likely N-dealkylation sites (tertiary alicyclic amines) is 1. The van der Waals surface area contributed by atoms with E-state index in [1.165, 1.54) is 12.8 Å². The van der Waals surface area contributed by atoms with Gasteiger partial charge in [0.15, 0.2) is 0 Å². The molecule has 1 aromatic rings. The van der Waals surface area contributed by atoms with E-state index in [1.807, 2.05) is 30.3 Å². The van der Waals surface area contributed by atoms with Gasteiger partial charge in [-0.3, -0.25) is 9.69 Å². The van der Waals surface area contributed by atoms with Gasteiger partial charge in [-0.1, -0.05) is 30.3 Å². The second-order valence-corrected chi connectivity index (χ2v) is 4.75. The molecule has 0 bridgehead atoms. The summed E-state index contributed by atoms with van der Waals surface area (Å²) in [5.74, 6) is -0.724. The number of rotatable bonds is 4. The molecule has 1 saturated heterocycles. The van der Waals surface area contributed by atoms with Crippen LogP contribution in [0.3, 0.4) is 0 Å². The highest BCUT2D eigenvalue weighted by atomic mass is 16.4. The number of carbonyl (C=O) groups is 1. The summed E-state index contributed by atoms with van der Waals surface area (Å²) in [7, 11) is 0. The number of carboxylic acids is 1. The highest BCUT2D eigenvalue weighted by Gasteiger charge is 2.30. The van der Waals surface area contributed by atoms with Crippen molar-refractivity contribution in [1.82, 2.24) is 4.90 Å². The van der Waals surface area contributed by atoms with Crippen molar-refractivity contribution in [3.05, 3.63) is 35.9 Å².